The molecule has 19 heavy (non-hydrogen) atoms. The summed E-state index contributed by atoms with van der Waals surface area (Å²) in [6.45, 7) is 4.16. The Hall–Kier alpha value is -2.29. The van der Waals surface area contributed by atoms with Crippen LogP contribution in [0.3, 0.4) is 0 Å². The highest BCUT2D eigenvalue weighted by Gasteiger charge is 1.91. The highest BCUT2D eigenvalue weighted by Crippen LogP contribution is 2.10. The molecule has 0 saturated heterocycles. The van der Waals surface area contributed by atoms with Gasteiger partial charge in [0.2, 0.25) is 0 Å². The molecular weight excluding hydrogens is 238 g/mol. The van der Waals surface area contributed by atoms with Gasteiger partial charge in [-0.1, -0.05) is 42.0 Å². The second-order valence-corrected chi connectivity index (χ2v) is 4.03. The van der Waals surface area contributed by atoms with Crippen LogP contribution in [0.15, 0.2) is 54.1 Å². The van der Waals surface area contributed by atoms with E-state index in [4.69, 9.17) is 10.5 Å². The van der Waals surface area contributed by atoms with Gasteiger partial charge in [0.15, 0.2) is 0 Å². The molecule has 0 spiro atoms. The van der Waals surface area contributed by atoms with Crippen molar-refractivity contribution in [3.05, 3.63) is 59.7 Å². The summed E-state index contributed by atoms with van der Waals surface area (Å²) in [5.41, 5.74) is 8.54. The Morgan fingerprint density at radius 2 is 1.84 bits per heavy atom. The molecule has 0 amide bonds. The number of esters is 1. The summed E-state index contributed by atoms with van der Waals surface area (Å²) in [7, 11) is 0. The van der Waals surface area contributed by atoms with E-state index in [1.165, 1.54) is 6.08 Å². The summed E-state index contributed by atoms with van der Waals surface area (Å²) in [6, 6.07) is 7.65. The van der Waals surface area contributed by atoms with Crippen molar-refractivity contribution in [1.29, 1.82) is 0 Å². The topological polar surface area (TPSA) is 52.3 Å². The number of ether oxygens (including phenoxy) is 1. The number of benzene rings is 1. The van der Waals surface area contributed by atoms with Crippen molar-refractivity contribution in [3.8, 4) is 0 Å². The molecule has 3 heteroatoms. The van der Waals surface area contributed by atoms with E-state index >= 15 is 0 Å². The molecule has 0 atom stereocenters. The van der Waals surface area contributed by atoms with E-state index < -0.39 is 0 Å². The van der Waals surface area contributed by atoms with Crippen LogP contribution in [0.5, 0.6) is 0 Å². The monoisotopic (exact) mass is 257 g/mol. The van der Waals surface area contributed by atoms with Crippen LogP contribution in [0, 0.1) is 0 Å². The molecule has 0 unspecified atom stereocenters. The standard InChI is InChI=1S/C16H19NO2/c1-3-19-16(18)7-5-4-6-13(2)12-14-8-10-15(17)11-9-14/h4-12H,3,17H2,1-2H3/b6-4+,7-5+,13-12+. The molecule has 0 radical (unpaired) electrons. The van der Waals surface area contributed by atoms with Crippen LogP contribution in [0.25, 0.3) is 6.08 Å². The van der Waals surface area contributed by atoms with E-state index in [9.17, 15) is 4.79 Å². The lowest BCUT2D eigenvalue weighted by Crippen LogP contribution is -1.98. The Morgan fingerprint density at radius 1 is 1.21 bits per heavy atom. The number of carbonyl (C=O) groups is 1. The smallest absolute Gasteiger partial charge is 0.330 e. The maximum Gasteiger partial charge on any atom is 0.330 e. The van der Waals surface area contributed by atoms with Crippen LogP contribution in [0.2, 0.25) is 0 Å². The molecule has 0 aliphatic heterocycles. The lowest BCUT2D eigenvalue weighted by molar-refractivity contribution is -0.137. The highest BCUT2D eigenvalue weighted by molar-refractivity contribution is 5.82. The number of anilines is 1. The summed E-state index contributed by atoms with van der Waals surface area (Å²) in [6.07, 6.45) is 8.83. The second-order valence-electron chi connectivity index (χ2n) is 4.03. The van der Waals surface area contributed by atoms with Crippen molar-refractivity contribution in [2.24, 2.45) is 0 Å². The average molecular weight is 257 g/mol. The maximum atomic E-state index is 11.0. The van der Waals surface area contributed by atoms with Gasteiger partial charge in [-0.3, -0.25) is 0 Å². The van der Waals surface area contributed by atoms with Gasteiger partial charge < -0.3 is 10.5 Å². The third kappa shape index (κ3) is 6.27. The number of hydrogen-bond donors (Lipinski definition) is 1. The van der Waals surface area contributed by atoms with Gasteiger partial charge in [-0.15, -0.1) is 0 Å². The number of rotatable bonds is 5. The van der Waals surface area contributed by atoms with Crippen LogP contribution in [0.1, 0.15) is 19.4 Å². The van der Waals surface area contributed by atoms with E-state index in [0.29, 0.717) is 6.61 Å². The van der Waals surface area contributed by atoms with Crippen LogP contribution in [-0.4, -0.2) is 12.6 Å². The third-order valence-electron chi connectivity index (χ3n) is 2.32. The first-order valence-corrected chi connectivity index (χ1v) is 6.17. The molecule has 0 bridgehead atoms. The van der Waals surface area contributed by atoms with E-state index in [-0.39, 0.29) is 5.97 Å². The zero-order valence-corrected chi connectivity index (χ0v) is 11.3. The zero-order valence-electron chi connectivity index (χ0n) is 11.3. The highest BCUT2D eigenvalue weighted by atomic mass is 16.5. The minimum absolute atomic E-state index is 0.327. The van der Waals surface area contributed by atoms with Gasteiger partial charge >= 0.3 is 5.97 Å². The van der Waals surface area contributed by atoms with Crippen molar-refractivity contribution in [2.75, 3.05) is 12.3 Å². The predicted molar refractivity (Wildman–Crippen MR) is 79.4 cm³/mol. The van der Waals surface area contributed by atoms with E-state index in [2.05, 4.69) is 0 Å². The molecule has 1 aromatic carbocycles. The van der Waals surface area contributed by atoms with Crippen molar-refractivity contribution < 1.29 is 9.53 Å². The normalized spacial score (nSPS) is 12.2. The quantitative estimate of drug-likeness (QED) is 0.381. The molecule has 0 fully saturated rings. The van der Waals surface area contributed by atoms with Crippen LogP contribution >= 0.6 is 0 Å². The Labute approximate surface area is 114 Å². The third-order valence-corrected chi connectivity index (χ3v) is 2.32. The first-order valence-electron chi connectivity index (χ1n) is 6.17. The fourth-order valence-electron chi connectivity index (χ4n) is 1.44. The first kappa shape index (κ1) is 14.8. The number of hydrogen-bond acceptors (Lipinski definition) is 3. The number of nitrogen functional groups attached to an aromatic ring is 1. The Bertz CT molecular complexity index is 496. The molecule has 1 rings (SSSR count). The van der Waals surface area contributed by atoms with E-state index in [1.807, 2.05) is 43.3 Å². The summed E-state index contributed by atoms with van der Waals surface area (Å²) < 4.78 is 4.77. The number of nitrogens with two attached hydrogens (primary N) is 1. The second kappa shape index (κ2) is 7.93. The fourth-order valence-corrected chi connectivity index (χ4v) is 1.44. The SMILES string of the molecule is CCOC(=O)/C=C/C=C/C(C)=C/c1ccc(N)cc1. The van der Waals surface area contributed by atoms with Gasteiger partial charge in [0.25, 0.3) is 0 Å². The molecule has 100 valence electrons. The lowest BCUT2D eigenvalue weighted by atomic mass is 10.1. The van der Waals surface area contributed by atoms with Crippen molar-refractivity contribution in [3.63, 3.8) is 0 Å². The molecule has 0 heterocycles. The summed E-state index contributed by atoms with van der Waals surface area (Å²) in [5, 5.41) is 0. The van der Waals surface area contributed by atoms with Gasteiger partial charge in [-0.05, 0) is 31.5 Å². The largest absolute Gasteiger partial charge is 0.463 e. The molecule has 1 aromatic rings. The first-order chi connectivity index (χ1) is 9.11. The average Bonchev–Trinajstić information content (AvgIpc) is 2.38. The lowest BCUT2D eigenvalue weighted by Gasteiger charge is -1.96. The van der Waals surface area contributed by atoms with Crippen molar-refractivity contribution in [1.82, 2.24) is 0 Å². The van der Waals surface area contributed by atoms with Crippen molar-refractivity contribution in [2.45, 2.75) is 13.8 Å². The van der Waals surface area contributed by atoms with Gasteiger partial charge in [0.05, 0.1) is 6.61 Å². The van der Waals surface area contributed by atoms with Gasteiger partial charge in [-0.2, -0.15) is 0 Å². The molecular formula is C16H19NO2. The molecule has 0 aromatic heterocycles. The summed E-state index contributed by atoms with van der Waals surface area (Å²) in [5.74, 6) is -0.327. The minimum Gasteiger partial charge on any atom is -0.463 e. The van der Waals surface area contributed by atoms with Crippen LogP contribution in [0.4, 0.5) is 5.69 Å². The summed E-state index contributed by atoms with van der Waals surface area (Å²) in [4.78, 5) is 11.0. The minimum atomic E-state index is -0.327. The Morgan fingerprint density at radius 3 is 2.47 bits per heavy atom. The van der Waals surface area contributed by atoms with E-state index in [1.54, 1.807) is 19.1 Å². The van der Waals surface area contributed by atoms with Crippen LogP contribution in [-0.2, 0) is 9.53 Å². The molecule has 0 aliphatic rings. The number of carbonyl (C=O) groups excluding carboxylic acids is 1. The van der Waals surface area contributed by atoms with Gasteiger partial charge in [0.1, 0.15) is 0 Å². The molecule has 0 saturated carbocycles. The van der Waals surface area contributed by atoms with Gasteiger partial charge in [-0.25, -0.2) is 4.79 Å². The van der Waals surface area contributed by atoms with Crippen molar-refractivity contribution >= 4 is 17.7 Å². The van der Waals surface area contributed by atoms with Crippen LogP contribution < -0.4 is 5.73 Å². The van der Waals surface area contributed by atoms with Gasteiger partial charge in [0, 0.05) is 11.8 Å². The van der Waals surface area contributed by atoms with E-state index in [0.717, 1.165) is 16.8 Å². The Balaban J connectivity index is 2.56. The Kier molecular flexibility index (Phi) is 6.16. The zero-order chi connectivity index (χ0) is 14.1. The fraction of sp³-hybridized carbons (Fsp3) is 0.188. The number of allylic oxidation sites excluding steroid dienone is 4. The predicted octanol–water partition coefficient (Wildman–Crippen LogP) is 3.35. The molecule has 2 N–H and O–H groups in total. The summed E-state index contributed by atoms with van der Waals surface area (Å²) >= 11 is 0. The maximum absolute atomic E-state index is 11.0. The molecule has 3 nitrogen and oxygen atoms in total. The molecule has 0 aliphatic carbocycles.